The second-order valence-electron chi connectivity index (χ2n) is 3.36. The summed E-state index contributed by atoms with van der Waals surface area (Å²) in [6.07, 6.45) is 0. The van der Waals surface area contributed by atoms with E-state index >= 15 is 0 Å². The van der Waals surface area contributed by atoms with Gasteiger partial charge in [-0.2, -0.15) is 0 Å². The topological polar surface area (TPSA) is 67.1 Å². The molecule has 6 heteroatoms. The predicted molar refractivity (Wildman–Crippen MR) is 57.0 cm³/mol. The molecule has 0 spiro atoms. The van der Waals surface area contributed by atoms with Gasteiger partial charge in [0, 0.05) is 18.7 Å². The molecule has 88 valence electrons. The highest BCUT2D eigenvalue weighted by Crippen LogP contribution is 2.14. The van der Waals surface area contributed by atoms with E-state index in [0.29, 0.717) is 6.07 Å². The second kappa shape index (κ2) is 5.41. The lowest BCUT2D eigenvalue weighted by molar-refractivity contribution is 0.249. The predicted octanol–water partition coefficient (Wildman–Crippen LogP) is 1.43. The Balaban J connectivity index is 2.63. The van der Waals surface area contributed by atoms with E-state index in [4.69, 9.17) is 5.73 Å². The van der Waals surface area contributed by atoms with Crippen LogP contribution in [0.5, 0.6) is 0 Å². The standard InChI is InChI=1S/C10H13F2N3O/c1-6(5-13)14-10(16)15-9-3-2-7(11)4-8(9)12/h2-4,6H,5,13H2,1H3,(H2,14,15,16). The van der Waals surface area contributed by atoms with Crippen LogP contribution in [0.1, 0.15) is 6.92 Å². The molecule has 1 aromatic rings. The number of benzene rings is 1. The first-order valence-electron chi connectivity index (χ1n) is 4.75. The van der Waals surface area contributed by atoms with Crippen LogP contribution in [-0.2, 0) is 0 Å². The molecule has 1 aromatic carbocycles. The third kappa shape index (κ3) is 3.47. The quantitative estimate of drug-likeness (QED) is 0.734. The molecule has 0 aliphatic rings. The highest BCUT2D eigenvalue weighted by atomic mass is 19.1. The van der Waals surface area contributed by atoms with E-state index in [1.807, 2.05) is 0 Å². The number of hydrogen-bond acceptors (Lipinski definition) is 2. The molecule has 1 rings (SSSR count). The van der Waals surface area contributed by atoms with Gasteiger partial charge in [-0.3, -0.25) is 0 Å². The van der Waals surface area contributed by atoms with Crippen molar-refractivity contribution >= 4 is 11.7 Å². The van der Waals surface area contributed by atoms with Crippen molar-refractivity contribution in [3.05, 3.63) is 29.8 Å². The van der Waals surface area contributed by atoms with Crippen molar-refractivity contribution in [2.75, 3.05) is 11.9 Å². The molecule has 0 aromatic heterocycles. The molecule has 16 heavy (non-hydrogen) atoms. The molecule has 0 saturated heterocycles. The fourth-order valence-corrected chi connectivity index (χ4v) is 1.03. The molecule has 1 unspecified atom stereocenters. The first-order chi connectivity index (χ1) is 7.52. The third-order valence-electron chi connectivity index (χ3n) is 1.91. The Morgan fingerprint density at radius 1 is 1.50 bits per heavy atom. The number of carbonyl (C=O) groups is 1. The largest absolute Gasteiger partial charge is 0.334 e. The zero-order valence-electron chi connectivity index (χ0n) is 8.76. The van der Waals surface area contributed by atoms with Crippen molar-refractivity contribution in [2.24, 2.45) is 5.73 Å². The fraction of sp³-hybridized carbons (Fsp3) is 0.300. The summed E-state index contributed by atoms with van der Waals surface area (Å²) in [5.74, 6) is -1.52. The van der Waals surface area contributed by atoms with Crippen molar-refractivity contribution < 1.29 is 13.6 Å². The molecule has 4 N–H and O–H groups in total. The number of rotatable bonds is 3. The molecular weight excluding hydrogens is 216 g/mol. The van der Waals surface area contributed by atoms with Gasteiger partial charge in [0.25, 0.3) is 0 Å². The smallest absolute Gasteiger partial charge is 0.319 e. The SMILES string of the molecule is CC(CN)NC(=O)Nc1ccc(F)cc1F. The number of nitrogens with two attached hydrogens (primary N) is 1. The number of carbonyl (C=O) groups excluding carboxylic acids is 1. The van der Waals surface area contributed by atoms with Gasteiger partial charge in [-0.1, -0.05) is 0 Å². The van der Waals surface area contributed by atoms with Gasteiger partial charge in [0.05, 0.1) is 5.69 Å². The van der Waals surface area contributed by atoms with Gasteiger partial charge in [-0.25, -0.2) is 13.6 Å². The average Bonchev–Trinajstić information content (AvgIpc) is 2.22. The zero-order chi connectivity index (χ0) is 12.1. The maximum atomic E-state index is 13.1. The summed E-state index contributed by atoms with van der Waals surface area (Å²) < 4.78 is 25.7. The summed E-state index contributed by atoms with van der Waals surface area (Å²) in [6.45, 7) is 1.99. The lowest BCUT2D eigenvalue weighted by Crippen LogP contribution is -2.40. The maximum Gasteiger partial charge on any atom is 0.319 e. The number of halogens is 2. The second-order valence-corrected chi connectivity index (χ2v) is 3.36. The molecule has 0 heterocycles. The number of anilines is 1. The highest BCUT2D eigenvalue weighted by molar-refractivity contribution is 5.89. The van der Waals surface area contributed by atoms with Gasteiger partial charge in [0.15, 0.2) is 0 Å². The summed E-state index contributed by atoms with van der Waals surface area (Å²) in [6, 6.07) is 2.11. The van der Waals surface area contributed by atoms with Crippen molar-refractivity contribution in [2.45, 2.75) is 13.0 Å². The van der Waals surface area contributed by atoms with E-state index in [2.05, 4.69) is 10.6 Å². The Hall–Kier alpha value is -1.69. The van der Waals surface area contributed by atoms with Crippen LogP contribution in [0, 0.1) is 11.6 Å². The van der Waals surface area contributed by atoms with Crippen LogP contribution in [0.25, 0.3) is 0 Å². The molecule has 0 aliphatic carbocycles. The first-order valence-corrected chi connectivity index (χ1v) is 4.75. The highest BCUT2D eigenvalue weighted by Gasteiger charge is 2.09. The average molecular weight is 229 g/mol. The zero-order valence-corrected chi connectivity index (χ0v) is 8.76. The fourth-order valence-electron chi connectivity index (χ4n) is 1.03. The van der Waals surface area contributed by atoms with Crippen LogP contribution in [0.4, 0.5) is 19.3 Å². The van der Waals surface area contributed by atoms with E-state index in [0.717, 1.165) is 12.1 Å². The maximum absolute atomic E-state index is 13.1. The van der Waals surface area contributed by atoms with Crippen LogP contribution >= 0.6 is 0 Å². The Morgan fingerprint density at radius 3 is 2.75 bits per heavy atom. The summed E-state index contributed by atoms with van der Waals surface area (Å²) in [5, 5.41) is 4.74. The Bertz CT molecular complexity index is 384. The molecule has 2 amide bonds. The molecular formula is C10H13F2N3O. The minimum atomic E-state index is -0.824. The van der Waals surface area contributed by atoms with E-state index in [-0.39, 0.29) is 18.3 Å². The van der Waals surface area contributed by atoms with Gasteiger partial charge in [-0.15, -0.1) is 0 Å². The minimum Gasteiger partial charge on any atom is -0.334 e. The Labute approximate surface area is 91.8 Å². The van der Waals surface area contributed by atoms with Crippen LogP contribution in [0.15, 0.2) is 18.2 Å². The molecule has 1 atom stereocenters. The van der Waals surface area contributed by atoms with E-state index in [9.17, 15) is 13.6 Å². The van der Waals surface area contributed by atoms with Crippen LogP contribution < -0.4 is 16.4 Å². The summed E-state index contributed by atoms with van der Waals surface area (Å²) in [7, 11) is 0. The third-order valence-corrected chi connectivity index (χ3v) is 1.91. The monoisotopic (exact) mass is 229 g/mol. The molecule has 0 fully saturated rings. The van der Waals surface area contributed by atoms with Crippen molar-refractivity contribution in [1.29, 1.82) is 0 Å². The first kappa shape index (κ1) is 12.4. The van der Waals surface area contributed by atoms with Gasteiger partial charge in [0.1, 0.15) is 11.6 Å². The van der Waals surface area contributed by atoms with Crippen molar-refractivity contribution in [3.63, 3.8) is 0 Å². The Kier molecular flexibility index (Phi) is 4.19. The number of urea groups is 1. The number of amides is 2. The minimum absolute atomic E-state index is 0.0804. The Morgan fingerprint density at radius 2 is 2.19 bits per heavy atom. The molecule has 0 saturated carbocycles. The van der Waals surface area contributed by atoms with Gasteiger partial charge in [0.2, 0.25) is 0 Å². The molecule has 0 aliphatic heterocycles. The lowest BCUT2D eigenvalue weighted by Gasteiger charge is -2.12. The van der Waals surface area contributed by atoms with E-state index in [1.165, 1.54) is 0 Å². The molecule has 0 radical (unpaired) electrons. The number of nitrogens with one attached hydrogen (secondary N) is 2. The van der Waals surface area contributed by atoms with Gasteiger partial charge in [-0.05, 0) is 19.1 Å². The van der Waals surface area contributed by atoms with Crippen molar-refractivity contribution in [3.8, 4) is 0 Å². The van der Waals surface area contributed by atoms with Crippen molar-refractivity contribution in [1.82, 2.24) is 5.32 Å². The molecule has 4 nitrogen and oxygen atoms in total. The van der Waals surface area contributed by atoms with Crippen LogP contribution in [0.2, 0.25) is 0 Å². The van der Waals surface area contributed by atoms with Gasteiger partial charge >= 0.3 is 6.03 Å². The molecule has 0 bridgehead atoms. The normalized spacial score (nSPS) is 12.0. The van der Waals surface area contributed by atoms with E-state index in [1.54, 1.807) is 6.92 Å². The lowest BCUT2D eigenvalue weighted by atomic mass is 10.3. The van der Waals surface area contributed by atoms with Crippen LogP contribution in [-0.4, -0.2) is 18.6 Å². The van der Waals surface area contributed by atoms with E-state index < -0.39 is 17.7 Å². The summed E-state index contributed by atoms with van der Waals surface area (Å²) in [4.78, 5) is 11.3. The van der Waals surface area contributed by atoms with Gasteiger partial charge < -0.3 is 16.4 Å². The summed E-state index contributed by atoms with van der Waals surface area (Å²) in [5.41, 5.74) is 5.22. The van der Waals surface area contributed by atoms with Crippen LogP contribution in [0.3, 0.4) is 0 Å². The summed E-state index contributed by atoms with van der Waals surface area (Å²) >= 11 is 0. The number of hydrogen-bond donors (Lipinski definition) is 3.